The van der Waals surface area contributed by atoms with Gasteiger partial charge in [-0.25, -0.2) is 4.98 Å². The largest absolute Gasteiger partial charge is 0.384 e. The number of carbonyl (C=O) groups is 1. The first kappa shape index (κ1) is 35.1. The van der Waals surface area contributed by atoms with E-state index in [1.807, 2.05) is 66.7 Å². The molecule has 0 radical (unpaired) electrons. The highest BCUT2D eigenvalue weighted by molar-refractivity contribution is 6.30. The lowest BCUT2D eigenvalue weighted by molar-refractivity contribution is 0.0748. The summed E-state index contributed by atoms with van der Waals surface area (Å²) in [5.41, 5.74) is 19.6. The van der Waals surface area contributed by atoms with E-state index in [0.717, 1.165) is 92.1 Å². The van der Waals surface area contributed by atoms with Crippen molar-refractivity contribution >= 4 is 40.1 Å². The zero-order chi connectivity index (χ0) is 35.0. The molecule has 1 aliphatic rings. The van der Waals surface area contributed by atoms with E-state index in [9.17, 15) is 4.79 Å². The molecule has 0 spiro atoms. The number of piperazine rings is 1. The predicted octanol–water partition coefficient (Wildman–Crippen LogP) is 5.88. The van der Waals surface area contributed by atoms with Crippen LogP contribution in [0.3, 0.4) is 0 Å². The molecule has 5 N–H and O–H groups in total. The van der Waals surface area contributed by atoms with E-state index >= 15 is 0 Å². The van der Waals surface area contributed by atoms with Gasteiger partial charge in [-0.05, 0) is 79.4 Å². The summed E-state index contributed by atoms with van der Waals surface area (Å²) >= 11 is 6.09. The first-order valence-electron chi connectivity index (χ1n) is 17.5. The summed E-state index contributed by atoms with van der Waals surface area (Å²) in [6, 6.07) is 29.9. The van der Waals surface area contributed by atoms with Crippen molar-refractivity contribution in [3.05, 3.63) is 130 Å². The van der Waals surface area contributed by atoms with Crippen LogP contribution in [-0.4, -0.2) is 76.9 Å². The van der Waals surface area contributed by atoms with Crippen LogP contribution in [0, 0.1) is 12.3 Å². The fraction of sp³-hybridized carbons (Fsp3) is 0.325. The van der Waals surface area contributed by atoms with Crippen LogP contribution < -0.4 is 16.4 Å². The molecule has 1 fully saturated rings. The number of nitrogens with two attached hydrogens (primary N) is 2. The number of halogens is 1. The molecule has 1 aromatic heterocycles. The second-order valence-corrected chi connectivity index (χ2v) is 13.5. The number of amidine groups is 1. The number of hydrogen-bond acceptors (Lipinski definition) is 6. The average Bonchev–Trinajstić information content (AvgIpc) is 3.48. The number of anilines is 1. The molecular formula is C40H47ClN8O. The molecule has 10 heteroatoms. The van der Waals surface area contributed by atoms with Gasteiger partial charge in [-0.2, -0.15) is 0 Å². The number of para-hydroxylation sites is 1. The monoisotopic (exact) mass is 690 g/mol. The van der Waals surface area contributed by atoms with Gasteiger partial charge in [0.1, 0.15) is 11.7 Å². The second-order valence-electron chi connectivity index (χ2n) is 13.1. The van der Waals surface area contributed by atoms with Crippen LogP contribution in [0.25, 0.3) is 11.0 Å². The SMILES string of the molecule is Cc1ccccc1N1CCN(CCCn2c(CCc3ccc(C(=N)N)cc3)nc3cc(C(=O)N(CCN)Cc4ccc(Cl)cc4)ccc32)CC1. The number of nitrogen functional groups attached to an aromatic ring is 1. The molecule has 5 aromatic rings. The van der Waals surface area contributed by atoms with Crippen molar-refractivity contribution in [1.82, 2.24) is 19.4 Å². The minimum atomic E-state index is -0.0706. The van der Waals surface area contributed by atoms with Gasteiger partial charge in [-0.3, -0.25) is 15.1 Å². The first-order chi connectivity index (χ1) is 24.3. The second kappa shape index (κ2) is 16.3. The number of aromatic nitrogens is 2. The number of amides is 1. The Bertz CT molecular complexity index is 1910. The normalized spacial score (nSPS) is 13.5. The van der Waals surface area contributed by atoms with Gasteiger partial charge in [0.05, 0.1) is 11.0 Å². The first-order valence-corrected chi connectivity index (χ1v) is 17.9. The van der Waals surface area contributed by atoms with Crippen LogP contribution in [0.5, 0.6) is 0 Å². The smallest absolute Gasteiger partial charge is 0.254 e. The van der Waals surface area contributed by atoms with Gasteiger partial charge >= 0.3 is 0 Å². The van der Waals surface area contributed by atoms with E-state index in [-0.39, 0.29) is 11.7 Å². The fourth-order valence-corrected chi connectivity index (χ4v) is 6.97. The zero-order valence-corrected chi connectivity index (χ0v) is 29.6. The van der Waals surface area contributed by atoms with Gasteiger partial charge in [0.2, 0.25) is 0 Å². The molecule has 260 valence electrons. The maximum Gasteiger partial charge on any atom is 0.254 e. The van der Waals surface area contributed by atoms with Gasteiger partial charge in [0.25, 0.3) is 5.91 Å². The number of rotatable bonds is 14. The summed E-state index contributed by atoms with van der Waals surface area (Å²) in [6.45, 7) is 9.46. The number of carbonyl (C=O) groups excluding carboxylic acids is 1. The lowest BCUT2D eigenvalue weighted by atomic mass is 10.1. The van der Waals surface area contributed by atoms with Crippen molar-refractivity contribution in [2.24, 2.45) is 11.5 Å². The van der Waals surface area contributed by atoms with Gasteiger partial charge in [0, 0.05) is 80.6 Å². The van der Waals surface area contributed by atoms with Crippen LogP contribution in [0.1, 0.15) is 44.9 Å². The number of fused-ring (bicyclic) bond motifs is 1. The summed E-state index contributed by atoms with van der Waals surface area (Å²) in [7, 11) is 0. The Morgan fingerprint density at radius 3 is 2.28 bits per heavy atom. The van der Waals surface area contributed by atoms with E-state index in [0.29, 0.717) is 30.2 Å². The standard InChI is InChI=1S/C40H47ClN8O/c1-29-5-2-3-6-36(29)47-25-23-46(24-26-47)20-4-21-49-37-17-14-33(40(50)48(22-19-42)28-31-9-15-34(41)16-10-31)27-35(37)45-38(49)18-11-30-7-12-32(13-8-30)39(43)44/h2-3,5-10,12-17,27H,4,11,18-26,28,42H2,1H3,(H3,43,44). The molecule has 0 atom stereocenters. The van der Waals surface area contributed by atoms with Crippen LogP contribution in [0.15, 0.2) is 91.0 Å². The third kappa shape index (κ3) is 8.53. The maximum atomic E-state index is 13.8. The predicted molar refractivity (Wildman–Crippen MR) is 204 cm³/mol. The van der Waals surface area contributed by atoms with Gasteiger partial charge in [-0.1, -0.05) is 66.2 Å². The molecular weight excluding hydrogens is 644 g/mol. The van der Waals surface area contributed by atoms with Crippen molar-refractivity contribution in [3.63, 3.8) is 0 Å². The minimum absolute atomic E-state index is 0.0680. The van der Waals surface area contributed by atoms with Gasteiger partial charge in [-0.15, -0.1) is 0 Å². The summed E-state index contributed by atoms with van der Waals surface area (Å²) in [5.74, 6) is 1.00. The third-order valence-corrected chi connectivity index (χ3v) is 9.89. The van der Waals surface area contributed by atoms with E-state index < -0.39 is 0 Å². The number of imidazole rings is 1. The summed E-state index contributed by atoms with van der Waals surface area (Å²) in [5, 5.41) is 8.37. The molecule has 9 nitrogen and oxygen atoms in total. The minimum Gasteiger partial charge on any atom is -0.384 e. The molecule has 0 unspecified atom stereocenters. The molecule has 0 bridgehead atoms. The van der Waals surface area contributed by atoms with E-state index in [1.165, 1.54) is 11.3 Å². The lowest BCUT2D eigenvalue weighted by Gasteiger charge is -2.36. The molecule has 1 amide bonds. The Hall–Kier alpha value is -4.70. The molecule has 1 saturated heterocycles. The Kier molecular flexibility index (Phi) is 11.5. The van der Waals surface area contributed by atoms with Crippen LogP contribution in [0.2, 0.25) is 5.02 Å². The maximum absolute atomic E-state index is 13.8. The molecule has 2 heterocycles. The van der Waals surface area contributed by atoms with Crippen LogP contribution in [0.4, 0.5) is 5.69 Å². The Morgan fingerprint density at radius 2 is 1.58 bits per heavy atom. The highest BCUT2D eigenvalue weighted by Crippen LogP contribution is 2.24. The van der Waals surface area contributed by atoms with Crippen molar-refractivity contribution in [2.75, 3.05) is 50.7 Å². The number of benzene rings is 4. The van der Waals surface area contributed by atoms with Gasteiger partial charge < -0.3 is 25.8 Å². The topological polar surface area (TPSA) is 120 Å². The van der Waals surface area contributed by atoms with Crippen molar-refractivity contribution in [3.8, 4) is 0 Å². The molecule has 1 aliphatic heterocycles. The highest BCUT2D eigenvalue weighted by Gasteiger charge is 2.21. The van der Waals surface area contributed by atoms with Gasteiger partial charge in [0.15, 0.2) is 0 Å². The number of nitrogens with zero attached hydrogens (tertiary/aromatic N) is 5. The highest BCUT2D eigenvalue weighted by atomic mass is 35.5. The lowest BCUT2D eigenvalue weighted by Crippen LogP contribution is -2.47. The van der Waals surface area contributed by atoms with Crippen LogP contribution in [-0.2, 0) is 25.9 Å². The number of aryl methyl sites for hydroxylation is 4. The third-order valence-electron chi connectivity index (χ3n) is 9.63. The quantitative estimate of drug-likeness (QED) is 0.0989. The summed E-state index contributed by atoms with van der Waals surface area (Å²) < 4.78 is 2.34. The molecule has 0 saturated carbocycles. The molecule has 6 rings (SSSR count). The van der Waals surface area contributed by atoms with E-state index in [4.69, 9.17) is 33.5 Å². The molecule has 4 aromatic carbocycles. The van der Waals surface area contributed by atoms with Crippen molar-refractivity contribution < 1.29 is 4.79 Å². The number of hydrogen-bond donors (Lipinski definition) is 3. The molecule has 0 aliphatic carbocycles. The number of nitrogens with one attached hydrogen (secondary N) is 1. The van der Waals surface area contributed by atoms with Crippen molar-refractivity contribution in [2.45, 2.75) is 39.3 Å². The van der Waals surface area contributed by atoms with Crippen LogP contribution >= 0.6 is 11.6 Å². The molecule has 50 heavy (non-hydrogen) atoms. The Balaban J connectivity index is 1.18. The summed E-state index contributed by atoms with van der Waals surface area (Å²) in [4.78, 5) is 25.7. The zero-order valence-electron chi connectivity index (χ0n) is 28.8. The fourth-order valence-electron chi connectivity index (χ4n) is 6.84. The van der Waals surface area contributed by atoms with E-state index in [1.54, 1.807) is 4.90 Å². The van der Waals surface area contributed by atoms with Crippen molar-refractivity contribution in [1.29, 1.82) is 5.41 Å². The average molecular weight is 691 g/mol. The van der Waals surface area contributed by atoms with E-state index in [2.05, 4.69) is 45.6 Å². The summed E-state index contributed by atoms with van der Waals surface area (Å²) in [6.07, 6.45) is 2.56. The Labute approximate surface area is 300 Å². The Morgan fingerprint density at radius 1 is 0.880 bits per heavy atom.